The van der Waals surface area contributed by atoms with Gasteiger partial charge in [-0.2, -0.15) is 0 Å². The summed E-state index contributed by atoms with van der Waals surface area (Å²) in [7, 11) is 0. The lowest BCUT2D eigenvalue weighted by molar-refractivity contribution is 0.715. The topological polar surface area (TPSA) is 25.8 Å². The van der Waals surface area contributed by atoms with Gasteiger partial charge in [0.05, 0.1) is 0 Å². The Morgan fingerprint density at radius 3 is 2.60 bits per heavy atom. The van der Waals surface area contributed by atoms with E-state index in [0.717, 1.165) is 22.0 Å². The Kier molecular flexibility index (Phi) is 3.11. The van der Waals surface area contributed by atoms with Crippen LogP contribution in [0.1, 0.15) is 31.2 Å². The Labute approximate surface area is 94.0 Å². The van der Waals surface area contributed by atoms with Gasteiger partial charge < -0.3 is 0 Å². The standard InChI is InChI=1S/C12H14N2S/c1-3-9(2)11-13-14-12(15-11)10-7-5-4-6-8-10/h4-9H,3H2,1-2H3. The van der Waals surface area contributed by atoms with Crippen molar-refractivity contribution in [1.82, 2.24) is 10.2 Å². The molecule has 2 rings (SSSR count). The van der Waals surface area contributed by atoms with E-state index in [0.29, 0.717) is 5.92 Å². The summed E-state index contributed by atoms with van der Waals surface area (Å²) in [5.41, 5.74) is 1.16. The van der Waals surface area contributed by atoms with Gasteiger partial charge >= 0.3 is 0 Å². The van der Waals surface area contributed by atoms with Gasteiger partial charge in [0.2, 0.25) is 0 Å². The number of nitrogens with zero attached hydrogens (tertiary/aromatic N) is 2. The smallest absolute Gasteiger partial charge is 0.143 e. The summed E-state index contributed by atoms with van der Waals surface area (Å²) in [6.45, 7) is 4.36. The van der Waals surface area contributed by atoms with Crippen LogP contribution in [-0.2, 0) is 0 Å². The van der Waals surface area contributed by atoms with Crippen molar-refractivity contribution in [2.24, 2.45) is 0 Å². The van der Waals surface area contributed by atoms with Crippen LogP contribution in [0.3, 0.4) is 0 Å². The van der Waals surface area contributed by atoms with Gasteiger partial charge in [-0.15, -0.1) is 10.2 Å². The molecule has 15 heavy (non-hydrogen) atoms. The number of benzene rings is 1. The molecule has 2 nitrogen and oxygen atoms in total. The highest BCUT2D eigenvalue weighted by atomic mass is 32.1. The number of hydrogen-bond acceptors (Lipinski definition) is 3. The maximum absolute atomic E-state index is 4.23. The molecule has 2 aromatic rings. The molecule has 0 aliphatic rings. The lowest BCUT2D eigenvalue weighted by atomic mass is 10.1. The van der Waals surface area contributed by atoms with Crippen LogP contribution in [0.15, 0.2) is 30.3 Å². The largest absolute Gasteiger partial charge is 0.147 e. The molecule has 78 valence electrons. The number of hydrogen-bond donors (Lipinski definition) is 0. The quantitative estimate of drug-likeness (QED) is 0.784. The zero-order valence-corrected chi connectivity index (χ0v) is 9.79. The summed E-state index contributed by atoms with van der Waals surface area (Å²) < 4.78 is 0. The molecule has 1 unspecified atom stereocenters. The van der Waals surface area contributed by atoms with Gasteiger partial charge in [0.1, 0.15) is 10.0 Å². The second-order valence-corrected chi connectivity index (χ2v) is 4.63. The Hall–Kier alpha value is -1.22. The first kappa shape index (κ1) is 10.3. The second kappa shape index (κ2) is 4.53. The highest BCUT2D eigenvalue weighted by molar-refractivity contribution is 7.14. The summed E-state index contributed by atoms with van der Waals surface area (Å²) in [5, 5.41) is 10.6. The van der Waals surface area contributed by atoms with Crippen molar-refractivity contribution >= 4 is 11.3 Å². The van der Waals surface area contributed by atoms with E-state index >= 15 is 0 Å². The SMILES string of the molecule is CCC(C)c1nnc(-c2ccccc2)s1. The highest BCUT2D eigenvalue weighted by Gasteiger charge is 2.10. The van der Waals surface area contributed by atoms with Crippen molar-refractivity contribution in [2.75, 3.05) is 0 Å². The van der Waals surface area contributed by atoms with Crippen LogP contribution in [0.4, 0.5) is 0 Å². The van der Waals surface area contributed by atoms with Crippen molar-refractivity contribution in [2.45, 2.75) is 26.2 Å². The molecule has 0 N–H and O–H groups in total. The Morgan fingerprint density at radius 2 is 1.93 bits per heavy atom. The third kappa shape index (κ3) is 2.23. The zero-order chi connectivity index (χ0) is 10.7. The molecule has 1 aromatic carbocycles. The maximum atomic E-state index is 4.23. The van der Waals surface area contributed by atoms with E-state index < -0.39 is 0 Å². The first-order valence-electron chi connectivity index (χ1n) is 5.20. The first-order valence-corrected chi connectivity index (χ1v) is 6.01. The molecule has 0 saturated heterocycles. The molecule has 0 spiro atoms. The molecule has 1 aromatic heterocycles. The minimum absolute atomic E-state index is 0.514. The fourth-order valence-electron chi connectivity index (χ4n) is 1.31. The third-order valence-electron chi connectivity index (χ3n) is 2.50. The zero-order valence-electron chi connectivity index (χ0n) is 8.97. The Bertz CT molecular complexity index is 422. The van der Waals surface area contributed by atoms with Gasteiger partial charge in [-0.3, -0.25) is 0 Å². The molecule has 0 aliphatic carbocycles. The molecule has 1 atom stereocenters. The van der Waals surface area contributed by atoms with Crippen molar-refractivity contribution < 1.29 is 0 Å². The molecule has 0 aliphatic heterocycles. The van der Waals surface area contributed by atoms with Crippen molar-refractivity contribution in [3.63, 3.8) is 0 Å². The molecule has 0 amide bonds. The molecule has 3 heteroatoms. The van der Waals surface area contributed by atoms with E-state index in [1.807, 2.05) is 18.2 Å². The predicted molar refractivity (Wildman–Crippen MR) is 64.1 cm³/mol. The lowest BCUT2D eigenvalue weighted by Gasteiger charge is -2.00. The summed E-state index contributed by atoms with van der Waals surface area (Å²) in [4.78, 5) is 0. The van der Waals surface area contributed by atoms with Crippen LogP contribution in [0.5, 0.6) is 0 Å². The molecule has 0 radical (unpaired) electrons. The van der Waals surface area contributed by atoms with Crippen LogP contribution in [0.25, 0.3) is 10.6 Å². The van der Waals surface area contributed by atoms with E-state index in [9.17, 15) is 0 Å². The van der Waals surface area contributed by atoms with Crippen LogP contribution in [-0.4, -0.2) is 10.2 Å². The average Bonchev–Trinajstić information content (AvgIpc) is 2.78. The van der Waals surface area contributed by atoms with Gasteiger partial charge in [0.15, 0.2) is 0 Å². The van der Waals surface area contributed by atoms with Gasteiger partial charge in [0.25, 0.3) is 0 Å². The molecule has 1 heterocycles. The average molecular weight is 218 g/mol. The Balaban J connectivity index is 2.28. The summed E-state index contributed by atoms with van der Waals surface area (Å²) in [6, 6.07) is 10.2. The minimum Gasteiger partial charge on any atom is -0.143 e. The highest BCUT2D eigenvalue weighted by Crippen LogP contribution is 2.28. The first-order chi connectivity index (χ1) is 7.31. The second-order valence-electron chi connectivity index (χ2n) is 3.62. The van der Waals surface area contributed by atoms with E-state index in [1.54, 1.807) is 11.3 Å². The molecular formula is C12H14N2S. The fraction of sp³-hybridized carbons (Fsp3) is 0.333. The number of rotatable bonds is 3. The van der Waals surface area contributed by atoms with Gasteiger partial charge in [-0.25, -0.2) is 0 Å². The lowest BCUT2D eigenvalue weighted by Crippen LogP contribution is -1.88. The summed E-state index contributed by atoms with van der Waals surface area (Å²) in [5.74, 6) is 0.514. The van der Waals surface area contributed by atoms with Gasteiger partial charge in [-0.1, -0.05) is 55.5 Å². The van der Waals surface area contributed by atoms with E-state index in [4.69, 9.17) is 0 Å². The van der Waals surface area contributed by atoms with Crippen molar-refractivity contribution in [3.05, 3.63) is 35.3 Å². The van der Waals surface area contributed by atoms with Crippen LogP contribution in [0, 0.1) is 0 Å². The fourth-order valence-corrected chi connectivity index (χ4v) is 2.29. The maximum Gasteiger partial charge on any atom is 0.147 e. The van der Waals surface area contributed by atoms with E-state index in [2.05, 4.69) is 36.2 Å². The number of aromatic nitrogens is 2. The van der Waals surface area contributed by atoms with Gasteiger partial charge in [0, 0.05) is 11.5 Å². The van der Waals surface area contributed by atoms with Crippen molar-refractivity contribution in [1.29, 1.82) is 0 Å². The van der Waals surface area contributed by atoms with Crippen molar-refractivity contribution in [3.8, 4) is 10.6 Å². The monoisotopic (exact) mass is 218 g/mol. The predicted octanol–water partition coefficient (Wildman–Crippen LogP) is 3.72. The van der Waals surface area contributed by atoms with E-state index in [1.165, 1.54) is 0 Å². The molecular weight excluding hydrogens is 204 g/mol. The minimum atomic E-state index is 0.514. The molecule has 0 saturated carbocycles. The summed E-state index contributed by atoms with van der Waals surface area (Å²) in [6.07, 6.45) is 1.11. The van der Waals surface area contributed by atoms with Crippen LogP contribution >= 0.6 is 11.3 Å². The Morgan fingerprint density at radius 1 is 1.20 bits per heavy atom. The van der Waals surface area contributed by atoms with E-state index in [-0.39, 0.29) is 0 Å². The molecule has 0 fully saturated rings. The van der Waals surface area contributed by atoms with Gasteiger partial charge in [-0.05, 0) is 6.42 Å². The van der Waals surface area contributed by atoms with Crippen LogP contribution < -0.4 is 0 Å². The van der Waals surface area contributed by atoms with Crippen LogP contribution in [0.2, 0.25) is 0 Å². The normalized spacial score (nSPS) is 12.7. The third-order valence-corrected chi connectivity index (χ3v) is 3.70. The molecule has 0 bridgehead atoms. The summed E-state index contributed by atoms with van der Waals surface area (Å²) >= 11 is 1.70.